The van der Waals surface area contributed by atoms with E-state index in [0.717, 1.165) is 38.8 Å². The number of carbonyl (C=O) groups is 1. The summed E-state index contributed by atoms with van der Waals surface area (Å²) >= 11 is 0. The third kappa shape index (κ3) is 5.03. The van der Waals surface area contributed by atoms with Gasteiger partial charge in [-0.25, -0.2) is 0 Å². The van der Waals surface area contributed by atoms with E-state index < -0.39 is 0 Å². The third-order valence-corrected chi connectivity index (χ3v) is 3.66. The van der Waals surface area contributed by atoms with Crippen molar-refractivity contribution in [3.8, 4) is 0 Å². The van der Waals surface area contributed by atoms with Gasteiger partial charge in [0.05, 0.1) is 6.04 Å². The van der Waals surface area contributed by atoms with E-state index >= 15 is 0 Å². The normalized spacial score (nSPS) is 18.4. The molecule has 1 heterocycles. The number of carbonyl (C=O) groups excluding carboxylic acids is 1. The number of benzene rings is 1. The summed E-state index contributed by atoms with van der Waals surface area (Å²) in [5.74, 6) is 0.181. The molecule has 1 unspecified atom stereocenters. The first-order valence-corrected chi connectivity index (χ1v) is 7.41. The summed E-state index contributed by atoms with van der Waals surface area (Å²) in [7, 11) is 0. The molecule has 1 aliphatic rings. The molecule has 1 aromatic rings. The molecule has 0 bridgehead atoms. The summed E-state index contributed by atoms with van der Waals surface area (Å²) in [6.07, 6.45) is 6.69. The molecule has 0 spiro atoms. The van der Waals surface area contributed by atoms with Crippen LogP contribution >= 0.6 is 0 Å². The molecule has 3 heteroatoms. The fourth-order valence-electron chi connectivity index (χ4n) is 2.52. The Bertz CT molecular complexity index is 372. The predicted octanol–water partition coefficient (Wildman–Crippen LogP) is 2.27. The number of unbranched alkanes of at least 4 members (excludes halogenated alkanes) is 2. The van der Waals surface area contributed by atoms with E-state index in [-0.39, 0.29) is 11.9 Å². The molecule has 19 heavy (non-hydrogen) atoms. The number of nitrogens with one attached hydrogen (secondary N) is 2. The van der Waals surface area contributed by atoms with Gasteiger partial charge in [0.15, 0.2) is 0 Å². The van der Waals surface area contributed by atoms with Crippen molar-refractivity contribution < 1.29 is 4.79 Å². The van der Waals surface area contributed by atoms with Crippen LogP contribution in [0.1, 0.15) is 37.7 Å². The van der Waals surface area contributed by atoms with Gasteiger partial charge >= 0.3 is 0 Å². The molecular weight excluding hydrogens is 236 g/mol. The molecule has 1 atom stereocenters. The minimum Gasteiger partial charge on any atom is -0.355 e. The van der Waals surface area contributed by atoms with Crippen LogP contribution in [0.15, 0.2) is 30.3 Å². The Morgan fingerprint density at radius 2 is 2.05 bits per heavy atom. The van der Waals surface area contributed by atoms with Gasteiger partial charge in [-0.05, 0) is 44.2 Å². The van der Waals surface area contributed by atoms with Crippen LogP contribution in [0.25, 0.3) is 0 Å². The van der Waals surface area contributed by atoms with E-state index in [0.29, 0.717) is 0 Å². The Morgan fingerprint density at radius 1 is 1.21 bits per heavy atom. The molecule has 0 saturated carbocycles. The molecule has 1 amide bonds. The second-order valence-corrected chi connectivity index (χ2v) is 5.24. The minimum absolute atomic E-state index is 0.0596. The number of hydrogen-bond acceptors (Lipinski definition) is 2. The summed E-state index contributed by atoms with van der Waals surface area (Å²) in [6, 6.07) is 10.6. The van der Waals surface area contributed by atoms with Crippen LogP contribution in [-0.4, -0.2) is 25.0 Å². The third-order valence-electron chi connectivity index (χ3n) is 3.66. The molecule has 2 N–H and O–H groups in total. The molecule has 2 rings (SSSR count). The highest BCUT2D eigenvalue weighted by Gasteiger charge is 2.20. The summed E-state index contributed by atoms with van der Waals surface area (Å²) in [5, 5.41) is 6.24. The fraction of sp³-hybridized carbons (Fsp3) is 0.562. The van der Waals surface area contributed by atoms with E-state index in [2.05, 4.69) is 41.0 Å². The van der Waals surface area contributed by atoms with Gasteiger partial charge in [-0.15, -0.1) is 0 Å². The predicted molar refractivity (Wildman–Crippen MR) is 78.0 cm³/mol. The average molecular weight is 260 g/mol. The van der Waals surface area contributed by atoms with Gasteiger partial charge < -0.3 is 10.6 Å². The van der Waals surface area contributed by atoms with Gasteiger partial charge in [0.2, 0.25) is 5.91 Å². The fourth-order valence-corrected chi connectivity index (χ4v) is 2.52. The molecule has 1 aromatic carbocycles. The average Bonchev–Trinajstić information content (AvgIpc) is 2.98. The van der Waals surface area contributed by atoms with Crippen LogP contribution in [0.2, 0.25) is 0 Å². The first kappa shape index (κ1) is 14.1. The standard InChI is InChI=1S/C16H24N2O/c19-16(15-11-7-13-17-15)18-12-6-2-5-10-14-8-3-1-4-9-14/h1,3-4,8-9,15,17H,2,5-7,10-13H2,(H,18,19). The summed E-state index contributed by atoms with van der Waals surface area (Å²) in [6.45, 7) is 1.79. The highest BCUT2D eigenvalue weighted by atomic mass is 16.2. The van der Waals surface area contributed by atoms with Crippen LogP contribution in [0.3, 0.4) is 0 Å². The zero-order valence-corrected chi connectivity index (χ0v) is 11.5. The van der Waals surface area contributed by atoms with Crippen LogP contribution in [-0.2, 0) is 11.2 Å². The van der Waals surface area contributed by atoms with Crippen molar-refractivity contribution >= 4 is 5.91 Å². The molecule has 0 aromatic heterocycles. The largest absolute Gasteiger partial charge is 0.355 e. The van der Waals surface area contributed by atoms with Crippen molar-refractivity contribution in [1.82, 2.24) is 10.6 Å². The molecular formula is C16H24N2O. The van der Waals surface area contributed by atoms with Crippen molar-refractivity contribution in [2.45, 2.75) is 44.6 Å². The quantitative estimate of drug-likeness (QED) is 0.738. The smallest absolute Gasteiger partial charge is 0.237 e. The topological polar surface area (TPSA) is 41.1 Å². The molecule has 0 radical (unpaired) electrons. The molecule has 0 aliphatic carbocycles. The van der Waals surface area contributed by atoms with E-state index in [1.165, 1.54) is 18.4 Å². The highest BCUT2D eigenvalue weighted by molar-refractivity contribution is 5.81. The van der Waals surface area contributed by atoms with Crippen LogP contribution < -0.4 is 10.6 Å². The molecule has 1 fully saturated rings. The summed E-state index contributed by atoms with van der Waals surface area (Å²) in [4.78, 5) is 11.7. The number of rotatable bonds is 7. The Balaban J connectivity index is 1.49. The zero-order valence-electron chi connectivity index (χ0n) is 11.5. The van der Waals surface area contributed by atoms with Gasteiger partial charge in [0.25, 0.3) is 0 Å². The number of aryl methyl sites for hydroxylation is 1. The first-order chi connectivity index (χ1) is 9.36. The van der Waals surface area contributed by atoms with Gasteiger partial charge in [-0.3, -0.25) is 4.79 Å². The van der Waals surface area contributed by atoms with Crippen molar-refractivity contribution in [1.29, 1.82) is 0 Å². The Labute approximate surface area is 115 Å². The number of hydrogen-bond donors (Lipinski definition) is 2. The minimum atomic E-state index is 0.0596. The lowest BCUT2D eigenvalue weighted by molar-refractivity contribution is -0.122. The van der Waals surface area contributed by atoms with E-state index in [1.807, 2.05) is 0 Å². The van der Waals surface area contributed by atoms with Crippen LogP contribution in [0.4, 0.5) is 0 Å². The zero-order chi connectivity index (χ0) is 13.3. The second kappa shape index (κ2) is 7.95. The van der Waals surface area contributed by atoms with E-state index in [4.69, 9.17) is 0 Å². The van der Waals surface area contributed by atoms with Crippen molar-refractivity contribution in [2.75, 3.05) is 13.1 Å². The lowest BCUT2D eigenvalue weighted by Crippen LogP contribution is -2.40. The number of amides is 1. The maximum absolute atomic E-state index is 11.7. The van der Waals surface area contributed by atoms with Crippen LogP contribution in [0.5, 0.6) is 0 Å². The van der Waals surface area contributed by atoms with Gasteiger partial charge in [0, 0.05) is 6.54 Å². The van der Waals surface area contributed by atoms with Gasteiger partial charge in [-0.1, -0.05) is 36.8 Å². The van der Waals surface area contributed by atoms with E-state index in [1.54, 1.807) is 0 Å². The molecule has 1 aliphatic heterocycles. The van der Waals surface area contributed by atoms with Crippen molar-refractivity contribution in [2.24, 2.45) is 0 Å². The van der Waals surface area contributed by atoms with Crippen LogP contribution in [0, 0.1) is 0 Å². The van der Waals surface area contributed by atoms with Gasteiger partial charge in [0.1, 0.15) is 0 Å². The molecule has 104 valence electrons. The van der Waals surface area contributed by atoms with Crippen molar-refractivity contribution in [3.05, 3.63) is 35.9 Å². The van der Waals surface area contributed by atoms with Crippen molar-refractivity contribution in [3.63, 3.8) is 0 Å². The lowest BCUT2D eigenvalue weighted by Gasteiger charge is -2.10. The SMILES string of the molecule is O=C(NCCCCCc1ccccc1)C1CCCN1. The monoisotopic (exact) mass is 260 g/mol. The Kier molecular flexibility index (Phi) is 5.89. The Hall–Kier alpha value is -1.35. The van der Waals surface area contributed by atoms with Gasteiger partial charge in [-0.2, -0.15) is 0 Å². The molecule has 3 nitrogen and oxygen atoms in total. The highest BCUT2D eigenvalue weighted by Crippen LogP contribution is 2.06. The Morgan fingerprint density at radius 3 is 2.79 bits per heavy atom. The summed E-state index contributed by atoms with van der Waals surface area (Å²) in [5.41, 5.74) is 1.40. The summed E-state index contributed by atoms with van der Waals surface area (Å²) < 4.78 is 0. The lowest BCUT2D eigenvalue weighted by atomic mass is 10.1. The maximum Gasteiger partial charge on any atom is 0.237 e. The maximum atomic E-state index is 11.7. The first-order valence-electron chi connectivity index (χ1n) is 7.41. The van der Waals surface area contributed by atoms with E-state index in [9.17, 15) is 4.79 Å². The second-order valence-electron chi connectivity index (χ2n) is 5.24. The molecule has 1 saturated heterocycles.